The minimum atomic E-state index is 0.564. The van der Waals surface area contributed by atoms with E-state index in [0.717, 1.165) is 19.0 Å². The van der Waals surface area contributed by atoms with E-state index < -0.39 is 0 Å². The van der Waals surface area contributed by atoms with Crippen LogP contribution in [0.2, 0.25) is 0 Å². The molecule has 3 heteroatoms. The third-order valence-corrected chi connectivity index (χ3v) is 5.05. The molecular formula is C15H26N2S. The van der Waals surface area contributed by atoms with Crippen LogP contribution in [0.1, 0.15) is 44.4 Å². The van der Waals surface area contributed by atoms with E-state index in [0.29, 0.717) is 12.1 Å². The van der Waals surface area contributed by atoms with E-state index in [9.17, 15) is 0 Å². The van der Waals surface area contributed by atoms with Gasteiger partial charge in [-0.25, -0.2) is 0 Å². The third kappa shape index (κ3) is 3.34. The van der Waals surface area contributed by atoms with Gasteiger partial charge < -0.3 is 5.73 Å². The van der Waals surface area contributed by atoms with Crippen molar-refractivity contribution in [3.05, 3.63) is 22.4 Å². The maximum absolute atomic E-state index is 6.08. The fourth-order valence-electron chi connectivity index (χ4n) is 3.21. The summed E-state index contributed by atoms with van der Waals surface area (Å²) in [4.78, 5) is 4.07. The second-order valence-corrected chi connectivity index (χ2v) is 6.73. The molecule has 1 aliphatic carbocycles. The Bertz CT molecular complexity index is 328. The van der Waals surface area contributed by atoms with Crippen LogP contribution < -0.4 is 5.73 Å². The van der Waals surface area contributed by atoms with Crippen molar-refractivity contribution in [3.63, 3.8) is 0 Å². The average molecular weight is 266 g/mol. The lowest BCUT2D eigenvalue weighted by atomic mass is 9.95. The van der Waals surface area contributed by atoms with Crippen LogP contribution in [0.3, 0.4) is 0 Å². The summed E-state index contributed by atoms with van der Waals surface area (Å²) >= 11 is 1.86. The highest BCUT2D eigenvalue weighted by molar-refractivity contribution is 7.09. The fourth-order valence-corrected chi connectivity index (χ4v) is 3.92. The number of rotatable bonds is 6. The lowest BCUT2D eigenvalue weighted by Crippen LogP contribution is -2.47. The van der Waals surface area contributed by atoms with E-state index in [2.05, 4.69) is 36.3 Å². The van der Waals surface area contributed by atoms with Crippen molar-refractivity contribution in [2.24, 2.45) is 11.7 Å². The van der Waals surface area contributed by atoms with Crippen LogP contribution in [0.15, 0.2) is 17.5 Å². The Morgan fingerprint density at radius 3 is 2.61 bits per heavy atom. The zero-order valence-electron chi connectivity index (χ0n) is 11.6. The van der Waals surface area contributed by atoms with Gasteiger partial charge in [-0.1, -0.05) is 18.9 Å². The molecule has 102 valence electrons. The quantitative estimate of drug-likeness (QED) is 0.854. The molecule has 2 N–H and O–H groups in total. The number of hydrogen-bond donors (Lipinski definition) is 1. The van der Waals surface area contributed by atoms with Gasteiger partial charge in [0, 0.05) is 30.1 Å². The standard InChI is InChI=1S/C15H26N2S/c1-12(2)17(11-14-8-5-9-18-14)15(10-16)13-6-3-4-7-13/h5,8-9,12-13,15H,3-4,6-7,10-11,16H2,1-2H3. The maximum Gasteiger partial charge on any atom is 0.0334 e. The Morgan fingerprint density at radius 1 is 1.39 bits per heavy atom. The Balaban J connectivity index is 2.06. The maximum atomic E-state index is 6.08. The highest BCUT2D eigenvalue weighted by Crippen LogP contribution is 2.31. The molecule has 0 amide bonds. The molecule has 0 bridgehead atoms. The van der Waals surface area contributed by atoms with Gasteiger partial charge in [-0.2, -0.15) is 0 Å². The molecule has 0 radical (unpaired) electrons. The molecule has 1 fully saturated rings. The molecular weight excluding hydrogens is 240 g/mol. The second-order valence-electron chi connectivity index (χ2n) is 5.69. The largest absolute Gasteiger partial charge is 0.329 e. The van der Waals surface area contributed by atoms with Crippen LogP contribution in [0.4, 0.5) is 0 Å². The molecule has 1 aromatic heterocycles. The van der Waals surface area contributed by atoms with Crippen LogP contribution in [-0.2, 0) is 6.54 Å². The smallest absolute Gasteiger partial charge is 0.0334 e. The molecule has 0 saturated heterocycles. The van der Waals surface area contributed by atoms with E-state index in [1.165, 1.54) is 30.6 Å². The Kier molecular flexibility index (Phi) is 5.22. The fraction of sp³-hybridized carbons (Fsp3) is 0.733. The first-order chi connectivity index (χ1) is 8.72. The molecule has 1 saturated carbocycles. The summed E-state index contributed by atoms with van der Waals surface area (Å²) in [5.74, 6) is 0.817. The molecule has 0 aliphatic heterocycles. The number of nitrogens with two attached hydrogens (primary N) is 1. The summed E-state index contributed by atoms with van der Waals surface area (Å²) in [6.07, 6.45) is 5.53. The topological polar surface area (TPSA) is 29.3 Å². The molecule has 2 nitrogen and oxygen atoms in total. The molecule has 2 rings (SSSR count). The van der Waals surface area contributed by atoms with Crippen LogP contribution in [0, 0.1) is 5.92 Å². The normalized spacial score (nSPS) is 18.9. The van der Waals surface area contributed by atoms with Gasteiger partial charge in [0.2, 0.25) is 0 Å². The van der Waals surface area contributed by atoms with Gasteiger partial charge in [0.1, 0.15) is 0 Å². The molecule has 1 heterocycles. The Labute approximate surface area is 115 Å². The lowest BCUT2D eigenvalue weighted by molar-refractivity contribution is 0.105. The molecule has 0 spiro atoms. The minimum Gasteiger partial charge on any atom is -0.329 e. The van der Waals surface area contributed by atoms with Crippen molar-refractivity contribution >= 4 is 11.3 Å². The van der Waals surface area contributed by atoms with E-state index in [1.54, 1.807) is 0 Å². The second kappa shape index (κ2) is 6.69. The average Bonchev–Trinajstić information content (AvgIpc) is 3.00. The molecule has 1 atom stereocenters. The Hall–Kier alpha value is -0.380. The lowest BCUT2D eigenvalue weighted by Gasteiger charge is -2.37. The minimum absolute atomic E-state index is 0.564. The van der Waals surface area contributed by atoms with Gasteiger partial charge in [-0.15, -0.1) is 11.3 Å². The van der Waals surface area contributed by atoms with Crippen molar-refractivity contribution in [1.82, 2.24) is 4.90 Å². The van der Waals surface area contributed by atoms with Crippen LogP contribution in [-0.4, -0.2) is 23.5 Å². The van der Waals surface area contributed by atoms with E-state index in [4.69, 9.17) is 5.73 Å². The van der Waals surface area contributed by atoms with Gasteiger partial charge in [-0.3, -0.25) is 4.90 Å². The summed E-state index contributed by atoms with van der Waals surface area (Å²) in [6, 6.07) is 5.52. The zero-order chi connectivity index (χ0) is 13.0. The van der Waals surface area contributed by atoms with Crippen molar-refractivity contribution in [2.45, 2.75) is 58.2 Å². The van der Waals surface area contributed by atoms with Gasteiger partial charge in [0.05, 0.1) is 0 Å². The predicted octanol–water partition coefficient (Wildman–Crippen LogP) is 3.48. The highest BCUT2D eigenvalue weighted by Gasteiger charge is 2.30. The van der Waals surface area contributed by atoms with E-state index in [1.807, 2.05) is 11.3 Å². The summed E-state index contributed by atoms with van der Waals surface area (Å²) in [7, 11) is 0. The summed E-state index contributed by atoms with van der Waals surface area (Å²) < 4.78 is 0. The van der Waals surface area contributed by atoms with Gasteiger partial charge in [0.15, 0.2) is 0 Å². The monoisotopic (exact) mass is 266 g/mol. The SMILES string of the molecule is CC(C)N(Cc1cccs1)C(CN)C1CCCC1. The van der Waals surface area contributed by atoms with E-state index in [-0.39, 0.29) is 0 Å². The molecule has 1 aromatic rings. The first-order valence-electron chi connectivity index (χ1n) is 7.20. The summed E-state index contributed by atoms with van der Waals surface area (Å²) in [5.41, 5.74) is 6.08. The van der Waals surface area contributed by atoms with Crippen molar-refractivity contribution in [1.29, 1.82) is 0 Å². The Morgan fingerprint density at radius 2 is 2.11 bits per heavy atom. The van der Waals surface area contributed by atoms with Gasteiger partial charge >= 0.3 is 0 Å². The summed E-state index contributed by atoms with van der Waals surface area (Å²) in [6.45, 7) is 6.46. The molecule has 1 aliphatic rings. The van der Waals surface area contributed by atoms with Gasteiger partial charge in [-0.05, 0) is 44.1 Å². The van der Waals surface area contributed by atoms with Gasteiger partial charge in [0.25, 0.3) is 0 Å². The first kappa shape index (κ1) is 14.0. The first-order valence-corrected chi connectivity index (χ1v) is 8.08. The summed E-state index contributed by atoms with van der Waals surface area (Å²) in [5, 5.41) is 2.17. The highest BCUT2D eigenvalue weighted by atomic mass is 32.1. The molecule has 18 heavy (non-hydrogen) atoms. The number of nitrogens with zero attached hydrogens (tertiary/aromatic N) is 1. The molecule has 1 unspecified atom stereocenters. The van der Waals surface area contributed by atoms with Crippen molar-refractivity contribution < 1.29 is 0 Å². The van der Waals surface area contributed by atoms with Crippen molar-refractivity contribution in [3.8, 4) is 0 Å². The predicted molar refractivity (Wildman–Crippen MR) is 79.8 cm³/mol. The number of thiophene rings is 1. The van der Waals surface area contributed by atoms with Crippen LogP contribution >= 0.6 is 11.3 Å². The molecule has 0 aromatic carbocycles. The zero-order valence-corrected chi connectivity index (χ0v) is 12.5. The van der Waals surface area contributed by atoms with E-state index >= 15 is 0 Å². The van der Waals surface area contributed by atoms with Crippen LogP contribution in [0.5, 0.6) is 0 Å². The third-order valence-electron chi connectivity index (χ3n) is 4.19. The number of hydrogen-bond acceptors (Lipinski definition) is 3. The van der Waals surface area contributed by atoms with Crippen LogP contribution in [0.25, 0.3) is 0 Å². The van der Waals surface area contributed by atoms with Crippen molar-refractivity contribution in [2.75, 3.05) is 6.54 Å².